The molecule has 0 radical (unpaired) electrons. The van der Waals surface area contributed by atoms with Crippen molar-refractivity contribution in [1.82, 2.24) is 4.90 Å². The summed E-state index contributed by atoms with van der Waals surface area (Å²) in [5.41, 5.74) is 6.84. The molecule has 0 saturated carbocycles. The lowest BCUT2D eigenvalue weighted by atomic mass is 10.2. The van der Waals surface area contributed by atoms with Crippen molar-refractivity contribution in [3.05, 3.63) is 29.8 Å². The molecule has 0 unspecified atom stereocenters. The first-order valence-electron chi connectivity index (χ1n) is 5.86. The summed E-state index contributed by atoms with van der Waals surface area (Å²) in [6.07, 6.45) is 0. The minimum atomic E-state index is -0.904. The molecule has 0 heterocycles. The number of nitrogens with two attached hydrogens (primary N) is 1. The van der Waals surface area contributed by atoms with Gasteiger partial charge >= 0.3 is 11.8 Å². The van der Waals surface area contributed by atoms with E-state index in [4.69, 9.17) is 5.73 Å². The van der Waals surface area contributed by atoms with Crippen molar-refractivity contribution < 1.29 is 14.4 Å². The number of amides is 3. The Morgan fingerprint density at radius 3 is 2.26 bits per heavy atom. The first-order chi connectivity index (χ1) is 8.95. The topological polar surface area (TPSA) is 92.5 Å². The Kier molecular flexibility index (Phi) is 5.20. The van der Waals surface area contributed by atoms with E-state index in [0.29, 0.717) is 5.69 Å². The van der Waals surface area contributed by atoms with Gasteiger partial charge in [0.15, 0.2) is 0 Å². The predicted octanol–water partition coefficient (Wildman–Crippen LogP) is 0.267. The second-order valence-electron chi connectivity index (χ2n) is 4.08. The summed E-state index contributed by atoms with van der Waals surface area (Å²) >= 11 is 0. The van der Waals surface area contributed by atoms with Crippen LogP contribution in [0.1, 0.15) is 12.5 Å². The minimum absolute atomic E-state index is 0.0233. The van der Waals surface area contributed by atoms with Crippen molar-refractivity contribution in [2.45, 2.75) is 13.8 Å². The number of anilines is 1. The van der Waals surface area contributed by atoms with Crippen LogP contribution < -0.4 is 11.1 Å². The zero-order valence-electron chi connectivity index (χ0n) is 11.0. The minimum Gasteiger partial charge on any atom is -0.329 e. The molecule has 0 aromatic heterocycles. The van der Waals surface area contributed by atoms with Gasteiger partial charge in [-0.2, -0.15) is 0 Å². The van der Waals surface area contributed by atoms with E-state index in [9.17, 15) is 14.4 Å². The van der Waals surface area contributed by atoms with Gasteiger partial charge in [-0.15, -0.1) is 0 Å². The number of carbonyl (C=O) groups is 3. The van der Waals surface area contributed by atoms with Crippen molar-refractivity contribution in [2.24, 2.45) is 5.73 Å². The average molecular weight is 263 g/mol. The van der Waals surface area contributed by atoms with Gasteiger partial charge in [0.25, 0.3) is 0 Å². The summed E-state index contributed by atoms with van der Waals surface area (Å²) in [5.74, 6) is -2.26. The van der Waals surface area contributed by atoms with Gasteiger partial charge in [0.2, 0.25) is 5.91 Å². The van der Waals surface area contributed by atoms with Crippen LogP contribution in [0.4, 0.5) is 5.69 Å². The van der Waals surface area contributed by atoms with Crippen molar-refractivity contribution in [1.29, 1.82) is 0 Å². The highest BCUT2D eigenvalue weighted by Crippen LogP contribution is 2.08. The first-order valence-corrected chi connectivity index (χ1v) is 5.86. The number of benzene rings is 1. The van der Waals surface area contributed by atoms with E-state index in [1.165, 1.54) is 6.92 Å². The molecular formula is C13H17N3O3. The number of rotatable bonds is 3. The molecule has 6 heteroatoms. The largest absolute Gasteiger partial charge is 0.329 e. The summed E-state index contributed by atoms with van der Waals surface area (Å²) in [7, 11) is 0. The number of aryl methyl sites for hydroxylation is 1. The number of nitrogens with one attached hydrogen (secondary N) is 1. The highest BCUT2D eigenvalue weighted by molar-refractivity contribution is 6.41. The van der Waals surface area contributed by atoms with E-state index >= 15 is 0 Å². The fraction of sp³-hybridized carbons (Fsp3) is 0.308. The summed E-state index contributed by atoms with van der Waals surface area (Å²) in [6, 6.07) is 6.98. The quantitative estimate of drug-likeness (QED) is 0.765. The predicted molar refractivity (Wildman–Crippen MR) is 71.3 cm³/mol. The molecule has 1 aromatic carbocycles. The van der Waals surface area contributed by atoms with Crippen LogP contribution in [0.3, 0.4) is 0 Å². The zero-order valence-corrected chi connectivity index (χ0v) is 11.0. The fourth-order valence-corrected chi connectivity index (χ4v) is 1.48. The second kappa shape index (κ2) is 6.65. The zero-order chi connectivity index (χ0) is 14.4. The van der Waals surface area contributed by atoms with Gasteiger partial charge in [-0.25, -0.2) is 0 Å². The van der Waals surface area contributed by atoms with Gasteiger partial charge in [-0.05, 0) is 19.1 Å². The SMILES string of the molecule is CC(=O)N(CCN)C(=O)C(=O)Nc1ccc(C)cc1. The van der Waals surface area contributed by atoms with Gasteiger partial charge in [-0.3, -0.25) is 19.3 Å². The van der Waals surface area contributed by atoms with Crippen molar-refractivity contribution in [3.8, 4) is 0 Å². The third-order valence-electron chi connectivity index (χ3n) is 2.48. The third-order valence-corrected chi connectivity index (χ3v) is 2.48. The van der Waals surface area contributed by atoms with Crippen LogP contribution in [-0.4, -0.2) is 35.7 Å². The lowest BCUT2D eigenvalue weighted by Gasteiger charge is -2.17. The normalized spacial score (nSPS) is 9.84. The number of hydrogen-bond acceptors (Lipinski definition) is 4. The Hall–Kier alpha value is -2.21. The fourth-order valence-electron chi connectivity index (χ4n) is 1.48. The van der Waals surface area contributed by atoms with Crippen LogP contribution >= 0.6 is 0 Å². The molecule has 19 heavy (non-hydrogen) atoms. The molecule has 1 rings (SSSR count). The van der Waals surface area contributed by atoms with Crippen molar-refractivity contribution in [2.75, 3.05) is 18.4 Å². The molecule has 0 aliphatic heterocycles. The monoisotopic (exact) mass is 263 g/mol. The highest BCUT2D eigenvalue weighted by atomic mass is 16.2. The highest BCUT2D eigenvalue weighted by Gasteiger charge is 2.24. The van der Waals surface area contributed by atoms with Gasteiger partial charge in [0.05, 0.1) is 0 Å². The Balaban J connectivity index is 2.73. The maximum absolute atomic E-state index is 11.8. The molecule has 6 nitrogen and oxygen atoms in total. The third kappa shape index (κ3) is 4.18. The van der Waals surface area contributed by atoms with Crippen LogP contribution in [0.25, 0.3) is 0 Å². The Labute approximate surface area is 111 Å². The Morgan fingerprint density at radius 2 is 1.79 bits per heavy atom. The molecule has 0 saturated heterocycles. The van der Waals surface area contributed by atoms with Gasteiger partial charge in [0, 0.05) is 25.7 Å². The number of carbonyl (C=O) groups excluding carboxylic acids is 3. The molecular weight excluding hydrogens is 246 g/mol. The Morgan fingerprint density at radius 1 is 1.21 bits per heavy atom. The maximum atomic E-state index is 11.8. The van der Waals surface area contributed by atoms with Crippen LogP contribution in [0.2, 0.25) is 0 Å². The molecule has 0 spiro atoms. The summed E-state index contributed by atoms with van der Waals surface area (Å²) in [6.45, 7) is 3.26. The summed E-state index contributed by atoms with van der Waals surface area (Å²) in [4.78, 5) is 35.6. The molecule has 0 atom stereocenters. The number of hydrogen-bond donors (Lipinski definition) is 2. The molecule has 3 N–H and O–H groups in total. The van der Waals surface area contributed by atoms with E-state index in [0.717, 1.165) is 10.5 Å². The van der Waals surface area contributed by atoms with Crippen LogP contribution in [0.15, 0.2) is 24.3 Å². The van der Waals surface area contributed by atoms with E-state index in [-0.39, 0.29) is 13.1 Å². The second-order valence-corrected chi connectivity index (χ2v) is 4.08. The molecule has 0 aliphatic carbocycles. The Bertz CT molecular complexity index is 482. The van der Waals surface area contributed by atoms with Crippen LogP contribution in [-0.2, 0) is 14.4 Å². The molecule has 3 amide bonds. The lowest BCUT2D eigenvalue weighted by Crippen LogP contribution is -2.44. The van der Waals surface area contributed by atoms with Gasteiger partial charge in [-0.1, -0.05) is 17.7 Å². The standard InChI is InChI=1S/C13H17N3O3/c1-9-3-5-11(6-4-9)15-12(18)13(19)16(8-7-14)10(2)17/h3-6H,7-8,14H2,1-2H3,(H,15,18). The molecule has 0 fully saturated rings. The van der Waals surface area contributed by atoms with Crippen LogP contribution in [0, 0.1) is 6.92 Å². The molecule has 1 aromatic rings. The summed E-state index contributed by atoms with van der Waals surface area (Å²) < 4.78 is 0. The van der Waals surface area contributed by atoms with Crippen molar-refractivity contribution in [3.63, 3.8) is 0 Å². The van der Waals surface area contributed by atoms with E-state index in [1.807, 2.05) is 19.1 Å². The average Bonchev–Trinajstić information content (AvgIpc) is 2.37. The van der Waals surface area contributed by atoms with Crippen LogP contribution in [0.5, 0.6) is 0 Å². The lowest BCUT2D eigenvalue weighted by molar-refractivity contribution is -0.149. The van der Waals surface area contributed by atoms with Gasteiger partial charge < -0.3 is 11.1 Å². The van der Waals surface area contributed by atoms with E-state index in [2.05, 4.69) is 5.32 Å². The smallest absolute Gasteiger partial charge is 0.318 e. The molecule has 0 aliphatic rings. The maximum Gasteiger partial charge on any atom is 0.318 e. The van der Waals surface area contributed by atoms with E-state index < -0.39 is 17.7 Å². The van der Waals surface area contributed by atoms with Crippen molar-refractivity contribution >= 4 is 23.4 Å². The number of imide groups is 1. The molecule has 102 valence electrons. The van der Waals surface area contributed by atoms with Gasteiger partial charge in [0.1, 0.15) is 0 Å². The first kappa shape index (κ1) is 14.8. The molecule has 0 bridgehead atoms. The van der Waals surface area contributed by atoms with E-state index in [1.54, 1.807) is 12.1 Å². The summed E-state index contributed by atoms with van der Waals surface area (Å²) in [5, 5.41) is 2.44. The number of nitrogens with zero attached hydrogens (tertiary/aromatic N) is 1.